The van der Waals surface area contributed by atoms with Gasteiger partial charge in [-0.1, -0.05) is 0 Å². The van der Waals surface area contributed by atoms with Crippen LogP contribution in [0.5, 0.6) is 5.75 Å². The quantitative estimate of drug-likeness (QED) is 0.696. The van der Waals surface area contributed by atoms with Gasteiger partial charge in [0, 0.05) is 67.4 Å². The van der Waals surface area contributed by atoms with Crippen LogP contribution < -0.4 is 15.4 Å². The molecule has 1 fully saturated rings. The van der Waals surface area contributed by atoms with Crippen LogP contribution in [0.2, 0.25) is 0 Å². The van der Waals surface area contributed by atoms with Crippen LogP contribution in [0.25, 0.3) is 11.4 Å². The minimum absolute atomic E-state index is 0.0606. The summed E-state index contributed by atoms with van der Waals surface area (Å²) in [5, 5.41) is 0. The average molecular weight is 404 g/mol. The lowest BCUT2D eigenvalue weighted by molar-refractivity contribution is 0.0994. The zero-order valence-corrected chi connectivity index (χ0v) is 17.1. The van der Waals surface area contributed by atoms with E-state index in [-0.39, 0.29) is 11.8 Å². The number of nitrogens with zero attached hydrogens (tertiary/aromatic N) is 5. The lowest BCUT2D eigenvalue weighted by Gasteiger charge is -2.34. The standard InChI is InChI=1S/C22H24N6O2/c1-14-15(2)26-21(16-4-3-8-24-13-16)27-22(14)28-10-6-17(7-11-28)30-18-5-9-25-19(12-18)20(23)29/h3-5,8-9,12-13,17H,6-7,10-11H2,1-2H3,(H2,23,29). The highest BCUT2D eigenvalue weighted by Crippen LogP contribution is 2.28. The molecule has 4 heterocycles. The largest absolute Gasteiger partial charge is 0.490 e. The third-order valence-corrected chi connectivity index (χ3v) is 5.31. The molecule has 3 aromatic heterocycles. The van der Waals surface area contributed by atoms with Crippen molar-refractivity contribution in [1.29, 1.82) is 0 Å². The third kappa shape index (κ3) is 4.22. The molecule has 1 amide bonds. The maximum atomic E-state index is 11.3. The first-order valence-electron chi connectivity index (χ1n) is 9.94. The van der Waals surface area contributed by atoms with E-state index in [1.807, 2.05) is 19.1 Å². The second-order valence-corrected chi connectivity index (χ2v) is 7.37. The first-order valence-corrected chi connectivity index (χ1v) is 9.94. The number of ether oxygens (including phenoxy) is 1. The Bertz CT molecular complexity index is 1050. The highest BCUT2D eigenvalue weighted by molar-refractivity contribution is 5.91. The Morgan fingerprint density at radius 3 is 2.67 bits per heavy atom. The minimum atomic E-state index is -0.561. The van der Waals surface area contributed by atoms with Gasteiger partial charge in [0.05, 0.1) is 0 Å². The van der Waals surface area contributed by atoms with Gasteiger partial charge in [-0.15, -0.1) is 0 Å². The smallest absolute Gasteiger partial charge is 0.267 e. The van der Waals surface area contributed by atoms with Crippen molar-refractivity contribution in [3.05, 3.63) is 59.8 Å². The molecular weight excluding hydrogens is 380 g/mol. The molecule has 0 aliphatic carbocycles. The molecule has 0 saturated carbocycles. The van der Waals surface area contributed by atoms with Crippen molar-refractivity contribution >= 4 is 11.7 Å². The lowest BCUT2D eigenvalue weighted by atomic mass is 10.1. The lowest BCUT2D eigenvalue weighted by Crippen LogP contribution is -2.39. The maximum Gasteiger partial charge on any atom is 0.267 e. The fraction of sp³-hybridized carbons (Fsp3) is 0.318. The van der Waals surface area contributed by atoms with Crippen LogP contribution in [0.4, 0.5) is 5.82 Å². The molecule has 4 rings (SSSR count). The summed E-state index contributed by atoms with van der Waals surface area (Å²) in [6.07, 6.45) is 6.81. The summed E-state index contributed by atoms with van der Waals surface area (Å²) in [6, 6.07) is 7.19. The molecular formula is C22H24N6O2. The number of pyridine rings is 2. The Morgan fingerprint density at radius 2 is 1.97 bits per heavy atom. The SMILES string of the molecule is Cc1nc(-c2cccnc2)nc(N2CCC(Oc3ccnc(C(N)=O)c3)CC2)c1C. The number of carbonyl (C=O) groups excluding carboxylic acids is 1. The monoisotopic (exact) mass is 404 g/mol. The second-order valence-electron chi connectivity index (χ2n) is 7.37. The fourth-order valence-corrected chi connectivity index (χ4v) is 3.54. The zero-order valence-electron chi connectivity index (χ0n) is 17.1. The predicted molar refractivity (Wildman–Crippen MR) is 113 cm³/mol. The Morgan fingerprint density at radius 1 is 1.17 bits per heavy atom. The van der Waals surface area contributed by atoms with Gasteiger partial charge in [-0.3, -0.25) is 14.8 Å². The van der Waals surface area contributed by atoms with Gasteiger partial charge in [0.2, 0.25) is 0 Å². The summed E-state index contributed by atoms with van der Waals surface area (Å²) in [7, 11) is 0. The average Bonchev–Trinajstić information content (AvgIpc) is 2.77. The Kier molecular flexibility index (Phi) is 5.56. The van der Waals surface area contributed by atoms with Crippen LogP contribution in [-0.4, -0.2) is 45.0 Å². The molecule has 0 unspecified atom stereocenters. The van der Waals surface area contributed by atoms with Gasteiger partial charge in [0.15, 0.2) is 5.82 Å². The van der Waals surface area contributed by atoms with Gasteiger partial charge >= 0.3 is 0 Å². The van der Waals surface area contributed by atoms with Crippen molar-refractivity contribution in [2.24, 2.45) is 5.73 Å². The van der Waals surface area contributed by atoms with E-state index in [0.29, 0.717) is 11.6 Å². The zero-order chi connectivity index (χ0) is 21.1. The summed E-state index contributed by atoms with van der Waals surface area (Å²) < 4.78 is 6.06. The van der Waals surface area contributed by atoms with Crippen molar-refractivity contribution < 1.29 is 9.53 Å². The molecule has 0 bridgehead atoms. The van der Waals surface area contributed by atoms with Crippen LogP contribution >= 0.6 is 0 Å². The molecule has 3 aromatic rings. The molecule has 8 nitrogen and oxygen atoms in total. The van der Waals surface area contributed by atoms with Gasteiger partial charge in [0.25, 0.3) is 5.91 Å². The van der Waals surface area contributed by atoms with Gasteiger partial charge < -0.3 is 15.4 Å². The first-order chi connectivity index (χ1) is 14.5. The second kappa shape index (κ2) is 8.44. The Hall–Kier alpha value is -3.55. The van der Waals surface area contributed by atoms with Crippen molar-refractivity contribution in [3.8, 4) is 17.1 Å². The van der Waals surface area contributed by atoms with Crippen LogP contribution in [0, 0.1) is 13.8 Å². The number of rotatable bonds is 5. The molecule has 30 heavy (non-hydrogen) atoms. The topological polar surface area (TPSA) is 107 Å². The Labute approximate surface area is 175 Å². The van der Waals surface area contributed by atoms with Gasteiger partial charge in [0.1, 0.15) is 23.4 Å². The number of nitrogens with two attached hydrogens (primary N) is 1. The van der Waals surface area contributed by atoms with Gasteiger partial charge in [-0.25, -0.2) is 9.97 Å². The molecule has 0 aromatic carbocycles. The van der Waals surface area contributed by atoms with Crippen molar-refractivity contribution in [2.45, 2.75) is 32.8 Å². The van der Waals surface area contributed by atoms with Crippen LogP contribution in [0.1, 0.15) is 34.6 Å². The number of anilines is 1. The van der Waals surface area contributed by atoms with Crippen molar-refractivity contribution in [1.82, 2.24) is 19.9 Å². The number of aromatic nitrogens is 4. The number of carbonyl (C=O) groups is 1. The van der Waals surface area contributed by atoms with E-state index in [1.165, 1.54) is 6.20 Å². The number of amides is 1. The normalized spacial score (nSPS) is 14.5. The van der Waals surface area contributed by atoms with E-state index >= 15 is 0 Å². The summed E-state index contributed by atoms with van der Waals surface area (Å²) in [4.78, 5) is 31.2. The number of hydrogen-bond acceptors (Lipinski definition) is 7. The van der Waals surface area contributed by atoms with Gasteiger partial charge in [-0.05, 0) is 32.0 Å². The Balaban J connectivity index is 1.47. The molecule has 1 aliphatic rings. The molecule has 154 valence electrons. The van der Waals surface area contributed by atoms with Crippen molar-refractivity contribution in [2.75, 3.05) is 18.0 Å². The molecule has 8 heteroatoms. The third-order valence-electron chi connectivity index (χ3n) is 5.31. The van der Waals surface area contributed by atoms with E-state index < -0.39 is 5.91 Å². The number of primary amides is 1. The van der Waals surface area contributed by atoms with E-state index in [0.717, 1.165) is 48.6 Å². The van der Waals surface area contributed by atoms with E-state index in [4.69, 9.17) is 15.5 Å². The number of hydrogen-bond donors (Lipinski definition) is 1. The molecule has 0 radical (unpaired) electrons. The first kappa shape index (κ1) is 19.8. The highest BCUT2D eigenvalue weighted by Gasteiger charge is 2.24. The van der Waals surface area contributed by atoms with E-state index in [2.05, 4.69) is 26.8 Å². The molecule has 0 spiro atoms. The molecule has 1 saturated heterocycles. The summed E-state index contributed by atoms with van der Waals surface area (Å²) in [6.45, 7) is 5.71. The summed E-state index contributed by atoms with van der Waals surface area (Å²) in [5.41, 5.74) is 8.46. The van der Waals surface area contributed by atoms with Crippen LogP contribution in [0.3, 0.4) is 0 Å². The minimum Gasteiger partial charge on any atom is -0.490 e. The maximum absolute atomic E-state index is 11.3. The van der Waals surface area contributed by atoms with Gasteiger partial charge in [-0.2, -0.15) is 0 Å². The molecule has 1 aliphatic heterocycles. The predicted octanol–water partition coefficient (Wildman–Crippen LogP) is 2.70. The van der Waals surface area contributed by atoms with Crippen LogP contribution in [0.15, 0.2) is 42.9 Å². The molecule has 0 atom stereocenters. The number of aryl methyl sites for hydroxylation is 1. The van der Waals surface area contributed by atoms with E-state index in [9.17, 15) is 4.79 Å². The number of piperidine rings is 1. The summed E-state index contributed by atoms with van der Waals surface area (Å²) in [5.74, 6) is 1.70. The summed E-state index contributed by atoms with van der Waals surface area (Å²) >= 11 is 0. The highest BCUT2D eigenvalue weighted by atomic mass is 16.5. The van der Waals surface area contributed by atoms with Crippen LogP contribution in [-0.2, 0) is 0 Å². The van der Waals surface area contributed by atoms with Crippen molar-refractivity contribution in [3.63, 3.8) is 0 Å². The molecule has 2 N–H and O–H groups in total. The fourth-order valence-electron chi connectivity index (χ4n) is 3.54. The van der Waals surface area contributed by atoms with E-state index in [1.54, 1.807) is 24.5 Å².